The first kappa shape index (κ1) is 11.8. The highest BCUT2D eigenvalue weighted by Crippen LogP contribution is 2.29. The van der Waals surface area contributed by atoms with Gasteiger partial charge in [0.15, 0.2) is 0 Å². The first-order valence-electron chi connectivity index (χ1n) is 4.11. The fourth-order valence-corrected chi connectivity index (χ4v) is 1.38. The number of hydrogen-bond acceptors (Lipinski definition) is 7. The van der Waals surface area contributed by atoms with E-state index >= 15 is 0 Å². The molecular weight excluding hydrogens is 196 g/mol. The van der Waals surface area contributed by atoms with Gasteiger partial charge in [-0.15, -0.1) is 0 Å². The highest BCUT2D eigenvalue weighted by Gasteiger charge is 2.52. The van der Waals surface area contributed by atoms with Crippen molar-refractivity contribution in [3.05, 3.63) is 0 Å². The van der Waals surface area contributed by atoms with Crippen LogP contribution in [0.5, 0.6) is 0 Å². The van der Waals surface area contributed by atoms with Crippen LogP contribution < -0.4 is 0 Å². The molecule has 7 heteroatoms. The van der Waals surface area contributed by atoms with Gasteiger partial charge >= 0.3 is 0 Å². The monoisotopic (exact) mass is 210 g/mol. The molecule has 1 heterocycles. The fraction of sp³-hybridized carbons (Fsp3) is 1.00. The van der Waals surface area contributed by atoms with Gasteiger partial charge in [-0.1, -0.05) is 0 Å². The lowest BCUT2D eigenvalue weighted by Gasteiger charge is -2.44. The summed E-state index contributed by atoms with van der Waals surface area (Å²) in [6.45, 7) is 0.610. The summed E-state index contributed by atoms with van der Waals surface area (Å²) < 4.78 is 4.88. The van der Waals surface area contributed by atoms with E-state index < -0.39 is 36.8 Å². The summed E-state index contributed by atoms with van der Waals surface area (Å²) in [5.74, 6) is -1.86. The zero-order chi connectivity index (χ0) is 10.9. The molecule has 0 aromatic heterocycles. The van der Waals surface area contributed by atoms with Crippen LogP contribution in [-0.4, -0.2) is 62.5 Å². The summed E-state index contributed by atoms with van der Waals surface area (Å²) in [4.78, 5) is 3.89. The van der Waals surface area contributed by atoms with Gasteiger partial charge in [0.25, 0.3) is 0 Å². The van der Waals surface area contributed by atoms with E-state index in [1.165, 1.54) is 6.92 Å². The zero-order valence-electron chi connectivity index (χ0n) is 7.57. The molecule has 0 unspecified atom stereocenters. The number of aliphatic hydroxyl groups is 4. The molecule has 0 aliphatic carbocycles. The van der Waals surface area contributed by atoms with Crippen molar-refractivity contribution in [1.29, 1.82) is 0 Å². The second-order valence-corrected chi connectivity index (χ2v) is 3.37. The average molecular weight is 210 g/mol. The van der Waals surface area contributed by atoms with Crippen LogP contribution in [0.3, 0.4) is 0 Å². The predicted molar refractivity (Wildman–Crippen MR) is 42.1 cm³/mol. The molecule has 0 spiro atoms. The van der Waals surface area contributed by atoms with Crippen LogP contribution in [0.2, 0.25) is 0 Å². The highest BCUT2D eigenvalue weighted by atomic mass is 17.1. The molecule has 0 saturated carbocycles. The maximum Gasteiger partial charge on any atom is 0.227 e. The van der Waals surface area contributed by atoms with E-state index in [1.807, 2.05) is 0 Å². The third-order valence-corrected chi connectivity index (χ3v) is 2.34. The van der Waals surface area contributed by atoms with Gasteiger partial charge in [-0.3, -0.25) is 0 Å². The molecule has 0 aromatic rings. The van der Waals surface area contributed by atoms with E-state index in [0.29, 0.717) is 0 Å². The topological polar surface area (TPSA) is 120 Å². The van der Waals surface area contributed by atoms with Gasteiger partial charge in [-0.25, -0.2) is 10.1 Å². The van der Waals surface area contributed by atoms with Gasteiger partial charge < -0.3 is 25.2 Å². The SMILES string of the molecule is C[C@]1(OO)O[C@H](CO)[C@@H](O)[C@H](O)[C@@H]1O. The van der Waals surface area contributed by atoms with E-state index in [2.05, 4.69) is 4.89 Å². The van der Waals surface area contributed by atoms with Crippen LogP contribution in [0.4, 0.5) is 0 Å². The number of rotatable bonds is 2. The van der Waals surface area contributed by atoms with Crippen LogP contribution in [0.15, 0.2) is 0 Å². The number of ether oxygens (including phenoxy) is 1. The third kappa shape index (κ3) is 1.75. The summed E-state index contributed by atoms with van der Waals surface area (Å²) in [6, 6.07) is 0. The molecular formula is C7H14O7. The molecule has 5 N–H and O–H groups in total. The van der Waals surface area contributed by atoms with Crippen LogP contribution in [0, 0.1) is 0 Å². The van der Waals surface area contributed by atoms with Crippen LogP contribution in [-0.2, 0) is 9.62 Å². The van der Waals surface area contributed by atoms with Gasteiger partial charge in [-0.2, -0.15) is 0 Å². The van der Waals surface area contributed by atoms with Crippen molar-refractivity contribution >= 4 is 0 Å². The second-order valence-electron chi connectivity index (χ2n) is 3.37. The minimum Gasteiger partial charge on any atom is -0.394 e. The van der Waals surface area contributed by atoms with Crippen molar-refractivity contribution in [3.63, 3.8) is 0 Å². The number of hydrogen-bond donors (Lipinski definition) is 5. The standard InChI is InChI=1S/C7H14O7/c1-7(14-12)6(11)5(10)4(9)3(2-8)13-7/h3-6,8-12H,2H2,1H3/t3-,4-,5+,6+,7-/m1/s1. The van der Waals surface area contributed by atoms with Crippen LogP contribution in [0.1, 0.15) is 6.92 Å². The normalized spacial score (nSPS) is 49.3. The minimum atomic E-state index is -1.86. The summed E-state index contributed by atoms with van der Waals surface area (Å²) in [5.41, 5.74) is 0. The lowest BCUT2D eigenvalue weighted by Crippen LogP contribution is -2.64. The second kappa shape index (κ2) is 4.07. The molecule has 0 amide bonds. The van der Waals surface area contributed by atoms with Crippen molar-refractivity contribution in [2.45, 2.75) is 37.1 Å². The lowest BCUT2D eigenvalue weighted by molar-refractivity contribution is -0.455. The predicted octanol–water partition coefficient (Wildman–Crippen LogP) is -2.33. The Morgan fingerprint density at radius 2 is 1.86 bits per heavy atom. The van der Waals surface area contributed by atoms with E-state index in [4.69, 9.17) is 15.1 Å². The van der Waals surface area contributed by atoms with Gasteiger partial charge in [0, 0.05) is 0 Å². The van der Waals surface area contributed by atoms with Gasteiger partial charge in [0.2, 0.25) is 5.79 Å². The largest absolute Gasteiger partial charge is 0.394 e. The molecule has 5 atom stereocenters. The Balaban J connectivity index is 2.84. The van der Waals surface area contributed by atoms with Crippen molar-refractivity contribution in [2.24, 2.45) is 0 Å². The molecule has 84 valence electrons. The maximum atomic E-state index is 9.38. The van der Waals surface area contributed by atoms with Gasteiger partial charge in [0.1, 0.15) is 24.4 Å². The first-order valence-corrected chi connectivity index (χ1v) is 4.11. The molecule has 0 aromatic carbocycles. The van der Waals surface area contributed by atoms with E-state index in [0.717, 1.165) is 0 Å². The van der Waals surface area contributed by atoms with Crippen molar-refractivity contribution in [1.82, 2.24) is 0 Å². The Morgan fingerprint density at radius 3 is 2.29 bits per heavy atom. The van der Waals surface area contributed by atoms with Crippen LogP contribution >= 0.6 is 0 Å². The van der Waals surface area contributed by atoms with Crippen molar-refractivity contribution in [2.75, 3.05) is 6.61 Å². The lowest BCUT2D eigenvalue weighted by atomic mass is 9.94. The van der Waals surface area contributed by atoms with E-state index in [1.54, 1.807) is 0 Å². The smallest absolute Gasteiger partial charge is 0.227 e. The first-order chi connectivity index (χ1) is 6.46. The Bertz CT molecular complexity index is 196. The van der Waals surface area contributed by atoms with Gasteiger partial charge in [0.05, 0.1) is 6.61 Å². The molecule has 1 saturated heterocycles. The van der Waals surface area contributed by atoms with E-state index in [9.17, 15) is 15.3 Å². The average Bonchev–Trinajstić information content (AvgIpc) is 2.20. The minimum absolute atomic E-state index is 0.566. The molecule has 0 radical (unpaired) electrons. The maximum absolute atomic E-state index is 9.38. The molecule has 0 bridgehead atoms. The third-order valence-electron chi connectivity index (χ3n) is 2.34. The zero-order valence-corrected chi connectivity index (χ0v) is 7.57. The molecule has 7 nitrogen and oxygen atoms in total. The molecule has 1 fully saturated rings. The quantitative estimate of drug-likeness (QED) is 0.256. The molecule has 14 heavy (non-hydrogen) atoms. The Hall–Kier alpha value is -0.280. The van der Waals surface area contributed by atoms with Gasteiger partial charge in [-0.05, 0) is 6.92 Å². The number of aliphatic hydroxyl groups excluding tert-OH is 4. The summed E-state index contributed by atoms with van der Waals surface area (Å²) in [6.07, 6.45) is -5.72. The van der Waals surface area contributed by atoms with Crippen LogP contribution in [0.25, 0.3) is 0 Å². The molecule has 1 aliphatic heterocycles. The molecule has 1 rings (SSSR count). The Labute approximate surface area is 80.1 Å². The van der Waals surface area contributed by atoms with Crippen molar-refractivity contribution < 1.29 is 35.3 Å². The summed E-state index contributed by atoms with van der Waals surface area (Å²) in [7, 11) is 0. The Morgan fingerprint density at radius 1 is 1.29 bits per heavy atom. The summed E-state index contributed by atoms with van der Waals surface area (Å²) in [5, 5.41) is 45.3. The van der Waals surface area contributed by atoms with E-state index in [-0.39, 0.29) is 0 Å². The Kier molecular flexibility index (Phi) is 3.43. The highest BCUT2D eigenvalue weighted by molar-refractivity contribution is 4.94. The summed E-state index contributed by atoms with van der Waals surface area (Å²) >= 11 is 0. The molecule has 1 aliphatic rings. The van der Waals surface area contributed by atoms with Crippen molar-refractivity contribution in [3.8, 4) is 0 Å². The fourth-order valence-electron chi connectivity index (χ4n) is 1.38.